The van der Waals surface area contributed by atoms with E-state index in [1.54, 1.807) is 45.0 Å². The highest BCUT2D eigenvalue weighted by Crippen LogP contribution is 2.41. The molecule has 45 heavy (non-hydrogen) atoms. The van der Waals surface area contributed by atoms with E-state index >= 15 is 0 Å². The quantitative estimate of drug-likeness (QED) is 0.171. The van der Waals surface area contributed by atoms with E-state index in [4.69, 9.17) is 9.47 Å². The number of amides is 3. The molecule has 1 heterocycles. The standard InChI is InChI=1S/C34H37N3O7S/c1-22(2)44-33(41)29(38)27(19-24-13-7-4-8-14-24)30(39)36-28-21-45-32(26-17-11-6-12-18-26)37(28)31(40)23(3)35-34(42)43-20-25-15-9-5-10-16-25/h4-18,22-23,27-28,32H,19-21H2,1-3H3,(H,35,42)(H,36,39)/t23-,27-,28+,32+/m0/s1. The third-order valence-corrected chi connectivity index (χ3v) is 8.35. The summed E-state index contributed by atoms with van der Waals surface area (Å²) in [7, 11) is 0. The molecule has 10 nitrogen and oxygen atoms in total. The number of thioether (sulfide) groups is 1. The minimum Gasteiger partial charge on any atom is -0.457 e. The van der Waals surface area contributed by atoms with E-state index in [-0.39, 0.29) is 13.0 Å². The summed E-state index contributed by atoms with van der Waals surface area (Å²) in [6.45, 7) is 4.81. The Morgan fingerprint density at radius 1 is 0.844 bits per heavy atom. The maximum Gasteiger partial charge on any atom is 0.408 e. The Morgan fingerprint density at radius 3 is 2.02 bits per heavy atom. The summed E-state index contributed by atoms with van der Waals surface area (Å²) in [5, 5.41) is 4.95. The number of nitrogens with zero attached hydrogens (tertiary/aromatic N) is 1. The molecule has 1 aliphatic rings. The summed E-state index contributed by atoms with van der Waals surface area (Å²) < 4.78 is 10.4. The third kappa shape index (κ3) is 9.18. The molecule has 1 fully saturated rings. The molecule has 3 amide bonds. The molecule has 0 unspecified atom stereocenters. The van der Waals surface area contributed by atoms with Crippen molar-refractivity contribution in [1.82, 2.24) is 15.5 Å². The van der Waals surface area contributed by atoms with Gasteiger partial charge in [-0.2, -0.15) is 0 Å². The fourth-order valence-corrected chi connectivity index (χ4v) is 6.19. The normalized spacial score (nSPS) is 17.2. The lowest BCUT2D eigenvalue weighted by Crippen LogP contribution is -2.56. The van der Waals surface area contributed by atoms with Gasteiger partial charge in [0, 0.05) is 5.75 Å². The van der Waals surface area contributed by atoms with Gasteiger partial charge >= 0.3 is 12.1 Å². The van der Waals surface area contributed by atoms with E-state index < -0.39 is 59.3 Å². The average molecular weight is 632 g/mol. The van der Waals surface area contributed by atoms with Crippen LogP contribution < -0.4 is 10.6 Å². The van der Waals surface area contributed by atoms with Gasteiger partial charge in [0.15, 0.2) is 0 Å². The van der Waals surface area contributed by atoms with Crippen molar-refractivity contribution in [2.75, 3.05) is 5.75 Å². The molecule has 1 aliphatic heterocycles. The molecule has 0 bridgehead atoms. The van der Waals surface area contributed by atoms with Gasteiger partial charge < -0.3 is 25.0 Å². The Kier molecular flexibility index (Phi) is 11.7. The number of Topliss-reactive ketones (excluding diaryl/α,β-unsaturated/α-hetero) is 1. The van der Waals surface area contributed by atoms with Crippen LogP contribution in [0.15, 0.2) is 91.0 Å². The van der Waals surface area contributed by atoms with Crippen molar-refractivity contribution in [2.45, 2.75) is 57.5 Å². The van der Waals surface area contributed by atoms with Gasteiger partial charge in [-0.05, 0) is 43.9 Å². The van der Waals surface area contributed by atoms with E-state index in [9.17, 15) is 24.0 Å². The Labute approximate surface area is 266 Å². The summed E-state index contributed by atoms with van der Waals surface area (Å²) in [4.78, 5) is 67.5. The molecule has 4 rings (SSSR count). The van der Waals surface area contributed by atoms with Crippen molar-refractivity contribution < 1.29 is 33.4 Å². The summed E-state index contributed by atoms with van der Waals surface area (Å²) in [5.74, 6) is -4.29. The van der Waals surface area contributed by atoms with Crippen molar-refractivity contribution >= 4 is 41.4 Å². The second-order valence-corrected chi connectivity index (χ2v) is 12.0. The summed E-state index contributed by atoms with van der Waals surface area (Å²) in [6, 6.07) is 26.3. The average Bonchev–Trinajstić information content (AvgIpc) is 3.46. The van der Waals surface area contributed by atoms with Crippen LogP contribution in [0.2, 0.25) is 0 Å². The molecular weight excluding hydrogens is 594 g/mol. The van der Waals surface area contributed by atoms with Crippen molar-refractivity contribution in [2.24, 2.45) is 5.92 Å². The molecule has 0 radical (unpaired) electrons. The molecule has 3 aromatic carbocycles. The molecule has 0 spiro atoms. The molecular formula is C34H37N3O7S. The predicted octanol–water partition coefficient (Wildman–Crippen LogP) is 4.40. The number of ketones is 1. The summed E-state index contributed by atoms with van der Waals surface area (Å²) in [5.41, 5.74) is 2.31. The van der Waals surface area contributed by atoms with Gasteiger partial charge in [-0.3, -0.25) is 14.4 Å². The lowest BCUT2D eigenvalue weighted by Gasteiger charge is -2.33. The van der Waals surface area contributed by atoms with Gasteiger partial charge in [0.2, 0.25) is 11.8 Å². The van der Waals surface area contributed by atoms with Gasteiger partial charge in [-0.25, -0.2) is 9.59 Å². The number of esters is 1. The highest BCUT2D eigenvalue weighted by Gasteiger charge is 2.43. The predicted molar refractivity (Wildman–Crippen MR) is 170 cm³/mol. The largest absolute Gasteiger partial charge is 0.457 e. The Bertz CT molecular complexity index is 1470. The molecule has 0 aliphatic carbocycles. The first-order chi connectivity index (χ1) is 21.6. The van der Waals surface area contributed by atoms with Crippen LogP contribution in [-0.2, 0) is 41.7 Å². The van der Waals surface area contributed by atoms with E-state index in [1.807, 2.05) is 66.7 Å². The molecule has 2 N–H and O–H groups in total. The third-order valence-electron chi connectivity index (χ3n) is 7.03. The number of rotatable bonds is 12. The van der Waals surface area contributed by atoms with Crippen LogP contribution in [0.3, 0.4) is 0 Å². The zero-order valence-corrected chi connectivity index (χ0v) is 26.2. The van der Waals surface area contributed by atoms with Crippen molar-refractivity contribution in [3.63, 3.8) is 0 Å². The minimum absolute atomic E-state index is 0.0279. The topological polar surface area (TPSA) is 131 Å². The summed E-state index contributed by atoms with van der Waals surface area (Å²) in [6.07, 6.45) is -2.17. The Hall–Kier alpha value is -4.64. The Morgan fingerprint density at radius 2 is 1.42 bits per heavy atom. The van der Waals surface area contributed by atoms with E-state index in [2.05, 4.69) is 10.6 Å². The molecule has 0 saturated carbocycles. The van der Waals surface area contributed by atoms with Gasteiger partial charge in [0.1, 0.15) is 30.1 Å². The van der Waals surface area contributed by atoms with Gasteiger partial charge in [-0.1, -0.05) is 91.0 Å². The fourth-order valence-electron chi connectivity index (χ4n) is 4.82. The van der Waals surface area contributed by atoms with Crippen LogP contribution in [0.4, 0.5) is 4.79 Å². The number of ether oxygens (including phenoxy) is 2. The SMILES string of the molecule is CC(C)OC(=O)C(=O)[C@H](Cc1ccccc1)C(=O)N[C@H]1CS[C@H](c2ccccc2)N1C(=O)[C@H](C)NC(=O)OCc1ccccc1. The first-order valence-electron chi connectivity index (χ1n) is 14.7. The lowest BCUT2D eigenvalue weighted by molar-refractivity contribution is -0.160. The second-order valence-electron chi connectivity index (χ2n) is 10.9. The molecule has 3 aromatic rings. The highest BCUT2D eigenvalue weighted by molar-refractivity contribution is 7.99. The molecule has 236 valence electrons. The number of alkyl carbamates (subject to hydrolysis) is 1. The number of benzene rings is 3. The zero-order valence-electron chi connectivity index (χ0n) is 25.4. The van der Waals surface area contributed by atoms with E-state index in [1.165, 1.54) is 16.7 Å². The monoisotopic (exact) mass is 631 g/mol. The van der Waals surface area contributed by atoms with E-state index in [0.29, 0.717) is 11.3 Å². The number of hydrogen-bond donors (Lipinski definition) is 2. The van der Waals surface area contributed by atoms with Crippen molar-refractivity contribution in [1.29, 1.82) is 0 Å². The Balaban J connectivity index is 1.53. The van der Waals surface area contributed by atoms with Gasteiger partial charge in [0.05, 0.1) is 6.10 Å². The molecule has 4 atom stereocenters. The maximum absolute atomic E-state index is 13.9. The number of hydrogen-bond acceptors (Lipinski definition) is 8. The number of carbonyl (C=O) groups is 5. The zero-order chi connectivity index (χ0) is 32.3. The van der Waals surface area contributed by atoms with Crippen LogP contribution in [0.1, 0.15) is 42.8 Å². The molecule has 1 saturated heterocycles. The number of nitrogens with one attached hydrogen (secondary N) is 2. The fraction of sp³-hybridized carbons (Fsp3) is 0.324. The maximum atomic E-state index is 13.9. The van der Waals surface area contributed by atoms with E-state index in [0.717, 1.165) is 11.1 Å². The minimum atomic E-state index is -1.38. The van der Waals surface area contributed by atoms with Crippen LogP contribution in [-0.4, -0.2) is 58.6 Å². The highest BCUT2D eigenvalue weighted by atomic mass is 32.2. The lowest BCUT2D eigenvalue weighted by atomic mass is 9.94. The smallest absolute Gasteiger partial charge is 0.408 e. The van der Waals surface area contributed by atoms with Gasteiger partial charge in [0.25, 0.3) is 5.78 Å². The van der Waals surface area contributed by atoms with Gasteiger partial charge in [-0.15, -0.1) is 11.8 Å². The number of carbonyl (C=O) groups excluding carboxylic acids is 5. The first kappa shape index (κ1) is 33.3. The van der Waals surface area contributed by atoms with Crippen LogP contribution in [0.25, 0.3) is 0 Å². The van der Waals surface area contributed by atoms with Crippen molar-refractivity contribution in [3.8, 4) is 0 Å². The van der Waals surface area contributed by atoms with Crippen LogP contribution in [0, 0.1) is 5.92 Å². The molecule has 11 heteroatoms. The molecule has 0 aromatic heterocycles. The summed E-state index contributed by atoms with van der Waals surface area (Å²) >= 11 is 1.43. The van der Waals surface area contributed by atoms with Crippen molar-refractivity contribution in [3.05, 3.63) is 108 Å². The second kappa shape index (κ2) is 15.9. The van der Waals surface area contributed by atoms with Crippen LogP contribution >= 0.6 is 11.8 Å². The first-order valence-corrected chi connectivity index (χ1v) is 15.7. The van der Waals surface area contributed by atoms with Crippen LogP contribution in [0.5, 0.6) is 0 Å².